The van der Waals surface area contributed by atoms with Crippen LogP contribution in [-0.4, -0.2) is 11.3 Å². The molecule has 0 aliphatic carbocycles. The zero-order chi connectivity index (χ0) is 14.8. The molecule has 104 valence electrons. The molecule has 2 heterocycles. The second-order valence-electron chi connectivity index (χ2n) is 4.52. The molecule has 3 rings (SSSR count). The first-order chi connectivity index (χ1) is 10.2. The van der Waals surface area contributed by atoms with E-state index in [9.17, 15) is 9.59 Å². The molecular formula is C16H11NO4. The summed E-state index contributed by atoms with van der Waals surface area (Å²) in [5.41, 5.74) is 1.20. The predicted molar refractivity (Wildman–Crippen MR) is 76.9 cm³/mol. The number of hydrogen-bond acceptors (Lipinski definition) is 5. The number of rotatable bonds is 3. The van der Waals surface area contributed by atoms with Crippen LogP contribution in [0.5, 0.6) is 11.6 Å². The van der Waals surface area contributed by atoms with Gasteiger partial charge >= 0.3 is 5.63 Å². The lowest BCUT2D eigenvalue weighted by atomic mass is 10.1. The molecule has 0 radical (unpaired) electrons. The number of nitrogens with zero attached hydrogens (tertiary/aromatic N) is 1. The fraction of sp³-hybridized carbons (Fsp3) is 0.0625. The highest BCUT2D eigenvalue weighted by atomic mass is 16.5. The van der Waals surface area contributed by atoms with Gasteiger partial charge in [-0.3, -0.25) is 4.79 Å². The number of carbonyl (C=O) groups is 1. The van der Waals surface area contributed by atoms with Gasteiger partial charge in [-0.05, 0) is 36.8 Å². The van der Waals surface area contributed by atoms with Crippen LogP contribution in [-0.2, 0) is 0 Å². The van der Waals surface area contributed by atoms with Crippen LogP contribution in [0.15, 0.2) is 51.8 Å². The van der Waals surface area contributed by atoms with Gasteiger partial charge in [0.25, 0.3) is 0 Å². The molecule has 0 unspecified atom stereocenters. The van der Waals surface area contributed by atoms with Gasteiger partial charge in [0.1, 0.15) is 11.3 Å². The van der Waals surface area contributed by atoms with Crippen LogP contribution in [0.1, 0.15) is 15.9 Å². The van der Waals surface area contributed by atoms with E-state index in [1.165, 1.54) is 12.3 Å². The van der Waals surface area contributed by atoms with E-state index < -0.39 is 5.63 Å². The van der Waals surface area contributed by atoms with Crippen LogP contribution in [0.3, 0.4) is 0 Å². The topological polar surface area (TPSA) is 69.4 Å². The van der Waals surface area contributed by atoms with E-state index in [-0.39, 0.29) is 5.88 Å². The molecule has 2 aromatic heterocycles. The van der Waals surface area contributed by atoms with Crippen LogP contribution in [0, 0.1) is 6.92 Å². The van der Waals surface area contributed by atoms with Gasteiger partial charge in [-0.2, -0.15) is 0 Å². The van der Waals surface area contributed by atoms with Crippen LogP contribution in [0.2, 0.25) is 0 Å². The molecule has 0 aliphatic rings. The maximum atomic E-state index is 11.4. The third-order valence-corrected chi connectivity index (χ3v) is 3.06. The number of pyridine rings is 1. The number of fused-ring (bicyclic) bond motifs is 1. The Morgan fingerprint density at radius 2 is 2.10 bits per heavy atom. The van der Waals surface area contributed by atoms with Gasteiger partial charge in [-0.25, -0.2) is 9.78 Å². The number of aldehydes is 1. The zero-order valence-electron chi connectivity index (χ0n) is 11.2. The van der Waals surface area contributed by atoms with Crippen molar-refractivity contribution in [1.82, 2.24) is 4.98 Å². The number of ether oxygens (including phenoxy) is 1. The highest BCUT2D eigenvalue weighted by Gasteiger charge is 2.08. The average molecular weight is 281 g/mol. The normalized spacial score (nSPS) is 10.5. The minimum Gasteiger partial charge on any atom is -0.438 e. The largest absolute Gasteiger partial charge is 0.438 e. The number of benzene rings is 1. The molecule has 5 nitrogen and oxygen atoms in total. The molecule has 0 spiro atoms. The Hall–Kier alpha value is -2.95. The van der Waals surface area contributed by atoms with E-state index in [1.807, 2.05) is 6.92 Å². The molecule has 0 fully saturated rings. The summed E-state index contributed by atoms with van der Waals surface area (Å²) in [5.74, 6) is 0.653. The molecule has 21 heavy (non-hydrogen) atoms. The highest BCUT2D eigenvalue weighted by molar-refractivity contribution is 5.81. The summed E-state index contributed by atoms with van der Waals surface area (Å²) in [6.45, 7) is 1.84. The maximum absolute atomic E-state index is 11.4. The molecule has 0 atom stereocenters. The van der Waals surface area contributed by atoms with Crippen molar-refractivity contribution in [3.05, 3.63) is 64.1 Å². The van der Waals surface area contributed by atoms with E-state index in [2.05, 4.69) is 4.98 Å². The Kier molecular flexibility index (Phi) is 3.23. The standard InChI is InChI=1S/C16H11NO4/c1-10-7-15(19)21-14-8-12(4-5-13(10)14)20-16-11(9-18)3-2-6-17-16/h2-9H,1H3. The Morgan fingerprint density at radius 3 is 2.90 bits per heavy atom. The van der Waals surface area contributed by atoms with Crippen molar-refractivity contribution in [2.75, 3.05) is 0 Å². The third-order valence-electron chi connectivity index (χ3n) is 3.06. The van der Waals surface area contributed by atoms with Crippen molar-refractivity contribution in [3.63, 3.8) is 0 Å². The lowest BCUT2D eigenvalue weighted by molar-refractivity contribution is 0.112. The van der Waals surface area contributed by atoms with Gasteiger partial charge < -0.3 is 9.15 Å². The Balaban J connectivity index is 2.05. The number of aromatic nitrogens is 1. The molecule has 1 aromatic carbocycles. The number of aryl methyl sites for hydroxylation is 1. The molecule has 0 aliphatic heterocycles. The van der Waals surface area contributed by atoms with E-state index in [4.69, 9.17) is 9.15 Å². The van der Waals surface area contributed by atoms with Crippen molar-refractivity contribution in [2.45, 2.75) is 6.92 Å². The van der Waals surface area contributed by atoms with Crippen molar-refractivity contribution in [1.29, 1.82) is 0 Å². The molecule has 0 saturated carbocycles. The number of carbonyl (C=O) groups excluding carboxylic acids is 1. The van der Waals surface area contributed by atoms with E-state index in [0.717, 1.165) is 10.9 Å². The smallest absolute Gasteiger partial charge is 0.336 e. The average Bonchev–Trinajstić information content (AvgIpc) is 2.47. The lowest BCUT2D eigenvalue weighted by Gasteiger charge is -2.07. The summed E-state index contributed by atoms with van der Waals surface area (Å²) in [5, 5.41) is 0.832. The Morgan fingerprint density at radius 1 is 1.24 bits per heavy atom. The van der Waals surface area contributed by atoms with Crippen molar-refractivity contribution >= 4 is 17.3 Å². The van der Waals surface area contributed by atoms with Crippen LogP contribution >= 0.6 is 0 Å². The number of hydrogen-bond donors (Lipinski definition) is 0. The highest BCUT2D eigenvalue weighted by Crippen LogP contribution is 2.26. The van der Waals surface area contributed by atoms with Crippen molar-refractivity contribution < 1.29 is 13.9 Å². The molecule has 0 amide bonds. The van der Waals surface area contributed by atoms with Gasteiger partial charge in [0.15, 0.2) is 6.29 Å². The van der Waals surface area contributed by atoms with Gasteiger partial charge in [0, 0.05) is 23.7 Å². The van der Waals surface area contributed by atoms with Crippen LogP contribution in [0.4, 0.5) is 0 Å². The van der Waals surface area contributed by atoms with Crippen molar-refractivity contribution in [3.8, 4) is 11.6 Å². The second kappa shape index (κ2) is 5.20. The van der Waals surface area contributed by atoms with E-state index in [1.54, 1.807) is 30.3 Å². The summed E-state index contributed by atoms with van der Waals surface area (Å²) in [6.07, 6.45) is 2.21. The monoisotopic (exact) mass is 281 g/mol. The van der Waals surface area contributed by atoms with Crippen LogP contribution < -0.4 is 10.4 Å². The minimum atomic E-state index is -0.413. The first-order valence-corrected chi connectivity index (χ1v) is 6.30. The molecule has 3 aromatic rings. The van der Waals surface area contributed by atoms with Gasteiger partial charge in [-0.15, -0.1) is 0 Å². The second-order valence-corrected chi connectivity index (χ2v) is 4.52. The van der Waals surface area contributed by atoms with Gasteiger partial charge in [0.05, 0.1) is 5.56 Å². The fourth-order valence-corrected chi connectivity index (χ4v) is 2.06. The first-order valence-electron chi connectivity index (χ1n) is 6.30. The molecule has 5 heteroatoms. The lowest BCUT2D eigenvalue weighted by Crippen LogP contribution is -1.98. The SMILES string of the molecule is Cc1cc(=O)oc2cc(Oc3ncccc3C=O)ccc12. The zero-order valence-corrected chi connectivity index (χ0v) is 11.2. The predicted octanol–water partition coefficient (Wildman–Crippen LogP) is 3.10. The molecule has 0 N–H and O–H groups in total. The summed E-state index contributed by atoms with van der Waals surface area (Å²) in [4.78, 5) is 26.4. The summed E-state index contributed by atoms with van der Waals surface area (Å²) in [7, 11) is 0. The van der Waals surface area contributed by atoms with E-state index >= 15 is 0 Å². The summed E-state index contributed by atoms with van der Waals surface area (Å²) < 4.78 is 10.7. The minimum absolute atomic E-state index is 0.210. The summed E-state index contributed by atoms with van der Waals surface area (Å²) >= 11 is 0. The van der Waals surface area contributed by atoms with Crippen LogP contribution in [0.25, 0.3) is 11.0 Å². The van der Waals surface area contributed by atoms with Gasteiger partial charge in [0.2, 0.25) is 5.88 Å². The molecule has 0 bridgehead atoms. The molecule has 0 saturated heterocycles. The Bertz CT molecular complexity index is 883. The first kappa shape index (κ1) is 13.1. The van der Waals surface area contributed by atoms with E-state index in [0.29, 0.717) is 23.2 Å². The molecular weight excluding hydrogens is 270 g/mol. The maximum Gasteiger partial charge on any atom is 0.336 e. The fourth-order valence-electron chi connectivity index (χ4n) is 2.06. The third kappa shape index (κ3) is 2.53. The van der Waals surface area contributed by atoms with Crippen molar-refractivity contribution in [2.24, 2.45) is 0 Å². The Labute approximate surface area is 119 Å². The quantitative estimate of drug-likeness (QED) is 0.545. The van der Waals surface area contributed by atoms with Gasteiger partial charge in [-0.1, -0.05) is 0 Å². The summed E-state index contributed by atoms with van der Waals surface area (Å²) in [6, 6.07) is 9.84.